The number of nitrogens with one attached hydrogen (secondary N) is 2. The van der Waals surface area contributed by atoms with Gasteiger partial charge in [-0.3, -0.25) is 4.79 Å². The molecule has 1 aliphatic heterocycles. The van der Waals surface area contributed by atoms with Gasteiger partial charge in [-0.1, -0.05) is 13.3 Å². The third-order valence-electron chi connectivity index (χ3n) is 3.43. The summed E-state index contributed by atoms with van der Waals surface area (Å²) in [4.78, 5) is 11.5. The molecule has 1 amide bonds. The van der Waals surface area contributed by atoms with E-state index in [1.54, 1.807) is 0 Å². The fraction of sp³-hybridized carbons (Fsp3) is 0.929. The van der Waals surface area contributed by atoms with Gasteiger partial charge in [0.1, 0.15) is 6.61 Å². The average molecular weight is 256 g/mol. The Morgan fingerprint density at radius 2 is 2.39 bits per heavy atom. The van der Waals surface area contributed by atoms with Crippen LogP contribution in [0.3, 0.4) is 0 Å². The number of piperidine rings is 1. The van der Waals surface area contributed by atoms with Crippen molar-refractivity contribution in [3.63, 3.8) is 0 Å². The van der Waals surface area contributed by atoms with Crippen LogP contribution in [0.5, 0.6) is 0 Å². The molecule has 1 heterocycles. The lowest BCUT2D eigenvalue weighted by atomic mass is 9.97. The zero-order valence-corrected chi connectivity index (χ0v) is 11.8. The highest BCUT2D eigenvalue weighted by Crippen LogP contribution is 2.13. The van der Waals surface area contributed by atoms with Crippen LogP contribution in [-0.2, 0) is 9.53 Å². The Morgan fingerprint density at radius 1 is 1.56 bits per heavy atom. The largest absolute Gasteiger partial charge is 0.372 e. The van der Waals surface area contributed by atoms with Gasteiger partial charge in [0.05, 0.1) is 0 Å². The van der Waals surface area contributed by atoms with E-state index < -0.39 is 0 Å². The molecule has 18 heavy (non-hydrogen) atoms. The third-order valence-corrected chi connectivity index (χ3v) is 3.43. The van der Waals surface area contributed by atoms with Crippen molar-refractivity contribution in [3.05, 3.63) is 0 Å². The molecule has 0 radical (unpaired) electrons. The van der Waals surface area contributed by atoms with Crippen molar-refractivity contribution in [2.24, 2.45) is 5.92 Å². The quantitative estimate of drug-likeness (QED) is 0.650. The highest BCUT2D eigenvalue weighted by molar-refractivity contribution is 5.77. The molecule has 4 heteroatoms. The summed E-state index contributed by atoms with van der Waals surface area (Å²) in [6.45, 7) is 7.31. The molecule has 0 aromatic rings. The lowest BCUT2D eigenvalue weighted by Crippen LogP contribution is -2.35. The first-order chi connectivity index (χ1) is 8.72. The number of rotatable bonds is 8. The first kappa shape index (κ1) is 15.4. The minimum atomic E-state index is 0.0118. The monoisotopic (exact) mass is 256 g/mol. The second-order valence-corrected chi connectivity index (χ2v) is 5.31. The van der Waals surface area contributed by atoms with Crippen molar-refractivity contribution < 1.29 is 9.53 Å². The highest BCUT2D eigenvalue weighted by Gasteiger charge is 2.13. The fourth-order valence-corrected chi connectivity index (χ4v) is 2.41. The summed E-state index contributed by atoms with van der Waals surface area (Å²) < 4.78 is 5.44. The molecule has 0 spiro atoms. The van der Waals surface area contributed by atoms with E-state index >= 15 is 0 Å². The SMILES string of the molecule is CCCC(C)NC(=O)COCCC1CCCNC1. The Kier molecular flexibility index (Phi) is 8.01. The maximum Gasteiger partial charge on any atom is 0.246 e. The summed E-state index contributed by atoms with van der Waals surface area (Å²) in [6, 6.07) is 0.258. The zero-order valence-electron chi connectivity index (χ0n) is 11.8. The molecule has 2 atom stereocenters. The van der Waals surface area contributed by atoms with E-state index in [4.69, 9.17) is 4.74 Å². The van der Waals surface area contributed by atoms with Crippen molar-refractivity contribution in [2.45, 2.75) is 52.0 Å². The van der Waals surface area contributed by atoms with Crippen LogP contribution in [0.15, 0.2) is 0 Å². The van der Waals surface area contributed by atoms with Gasteiger partial charge in [-0.2, -0.15) is 0 Å². The van der Waals surface area contributed by atoms with Gasteiger partial charge in [0.25, 0.3) is 0 Å². The lowest BCUT2D eigenvalue weighted by Gasteiger charge is -2.22. The first-order valence-electron chi connectivity index (χ1n) is 7.30. The van der Waals surface area contributed by atoms with Gasteiger partial charge >= 0.3 is 0 Å². The van der Waals surface area contributed by atoms with E-state index in [0.717, 1.165) is 38.3 Å². The lowest BCUT2D eigenvalue weighted by molar-refractivity contribution is -0.126. The van der Waals surface area contributed by atoms with Crippen molar-refractivity contribution in [2.75, 3.05) is 26.3 Å². The summed E-state index contributed by atoms with van der Waals surface area (Å²) >= 11 is 0. The number of carbonyl (C=O) groups is 1. The Labute approximate surface area is 111 Å². The maximum atomic E-state index is 11.5. The minimum absolute atomic E-state index is 0.0118. The van der Waals surface area contributed by atoms with Crippen LogP contribution in [-0.4, -0.2) is 38.3 Å². The van der Waals surface area contributed by atoms with Gasteiger partial charge in [0.2, 0.25) is 5.91 Å². The molecule has 2 unspecified atom stereocenters. The van der Waals surface area contributed by atoms with Crippen LogP contribution in [0, 0.1) is 5.92 Å². The van der Waals surface area contributed by atoms with Gasteiger partial charge in [-0.25, -0.2) is 0 Å². The van der Waals surface area contributed by atoms with Gasteiger partial charge in [-0.05, 0) is 51.6 Å². The molecule has 106 valence electrons. The maximum absolute atomic E-state index is 11.5. The number of carbonyl (C=O) groups excluding carboxylic acids is 1. The van der Waals surface area contributed by atoms with E-state index in [9.17, 15) is 4.79 Å². The topological polar surface area (TPSA) is 50.4 Å². The Morgan fingerprint density at radius 3 is 3.06 bits per heavy atom. The van der Waals surface area contributed by atoms with Crippen molar-refractivity contribution >= 4 is 5.91 Å². The van der Waals surface area contributed by atoms with E-state index in [-0.39, 0.29) is 18.6 Å². The summed E-state index contributed by atoms with van der Waals surface area (Å²) in [5.74, 6) is 0.735. The molecule has 1 fully saturated rings. The van der Waals surface area contributed by atoms with Gasteiger partial charge in [-0.15, -0.1) is 0 Å². The van der Waals surface area contributed by atoms with Gasteiger partial charge in [0, 0.05) is 12.6 Å². The van der Waals surface area contributed by atoms with E-state index in [1.165, 1.54) is 12.8 Å². The Bertz CT molecular complexity index is 228. The van der Waals surface area contributed by atoms with Crippen LogP contribution >= 0.6 is 0 Å². The molecule has 0 aromatic heterocycles. The molecule has 0 aliphatic carbocycles. The summed E-state index contributed by atoms with van der Waals surface area (Å²) in [7, 11) is 0. The Hall–Kier alpha value is -0.610. The molecular weight excluding hydrogens is 228 g/mol. The van der Waals surface area contributed by atoms with Crippen LogP contribution < -0.4 is 10.6 Å². The van der Waals surface area contributed by atoms with Crippen LogP contribution in [0.4, 0.5) is 0 Å². The van der Waals surface area contributed by atoms with Gasteiger partial charge < -0.3 is 15.4 Å². The number of hydrogen-bond acceptors (Lipinski definition) is 3. The van der Waals surface area contributed by atoms with E-state index in [2.05, 4.69) is 17.6 Å². The predicted molar refractivity (Wildman–Crippen MR) is 73.5 cm³/mol. The van der Waals surface area contributed by atoms with E-state index in [1.807, 2.05) is 6.92 Å². The molecule has 1 aliphatic rings. The first-order valence-corrected chi connectivity index (χ1v) is 7.30. The molecule has 0 saturated carbocycles. The summed E-state index contributed by atoms with van der Waals surface area (Å²) in [6.07, 6.45) is 5.73. The smallest absolute Gasteiger partial charge is 0.246 e. The summed E-state index contributed by atoms with van der Waals surface area (Å²) in [5.41, 5.74) is 0. The second kappa shape index (κ2) is 9.34. The molecular formula is C14H28N2O2. The molecule has 1 rings (SSSR count). The van der Waals surface area contributed by atoms with Crippen molar-refractivity contribution in [1.82, 2.24) is 10.6 Å². The molecule has 2 N–H and O–H groups in total. The average Bonchev–Trinajstić information content (AvgIpc) is 2.36. The van der Waals surface area contributed by atoms with E-state index in [0.29, 0.717) is 6.61 Å². The predicted octanol–water partition coefficient (Wildman–Crippen LogP) is 1.70. The van der Waals surface area contributed by atoms with Crippen LogP contribution in [0.2, 0.25) is 0 Å². The summed E-state index contributed by atoms with van der Waals surface area (Å²) in [5, 5.41) is 6.33. The second-order valence-electron chi connectivity index (χ2n) is 5.31. The molecule has 1 saturated heterocycles. The van der Waals surface area contributed by atoms with Gasteiger partial charge in [0.15, 0.2) is 0 Å². The minimum Gasteiger partial charge on any atom is -0.372 e. The number of hydrogen-bond donors (Lipinski definition) is 2. The Balaban J connectivity index is 1.97. The third kappa shape index (κ3) is 6.97. The number of ether oxygens (including phenoxy) is 1. The molecule has 0 aromatic carbocycles. The van der Waals surface area contributed by atoms with Crippen LogP contribution in [0.1, 0.15) is 46.0 Å². The fourth-order valence-electron chi connectivity index (χ4n) is 2.41. The standard InChI is InChI=1S/C14H28N2O2/c1-3-5-12(2)16-14(17)11-18-9-7-13-6-4-8-15-10-13/h12-13,15H,3-11H2,1-2H3,(H,16,17). The molecule has 4 nitrogen and oxygen atoms in total. The highest BCUT2D eigenvalue weighted by atomic mass is 16.5. The normalized spacial score (nSPS) is 21.6. The molecule has 0 bridgehead atoms. The van der Waals surface area contributed by atoms with Crippen molar-refractivity contribution in [3.8, 4) is 0 Å². The number of amides is 1. The zero-order chi connectivity index (χ0) is 13.2. The van der Waals surface area contributed by atoms with Crippen molar-refractivity contribution in [1.29, 1.82) is 0 Å². The van der Waals surface area contributed by atoms with Crippen LogP contribution in [0.25, 0.3) is 0 Å².